The first-order valence-electron chi connectivity index (χ1n) is 5.36. The highest BCUT2D eigenvalue weighted by Gasteiger charge is 2.32. The van der Waals surface area contributed by atoms with Crippen molar-refractivity contribution in [2.24, 2.45) is 0 Å². The number of nitrogens with zero attached hydrogens (tertiary/aromatic N) is 2. The first-order chi connectivity index (χ1) is 9.36. The Hall–Kier alpha value is -1.24. The molecule has 0 amide bonds. The van der Waals surface area contributed by atoms with Crippen molar-refractivity contribution in [2.45, 2.75) is 6.18 Å². The minimum atomic E-state index is -4.49. The highest BCUT2D eigenvalue weighted by Crippen LogP contribution is 2.37. The maximum Gasteiger partial charge on any atom is 0.416 e. The molecule has 104 valence electrons. The molecule has 0 aliphatic rings. The van der Waals surface area contributed by atoms with Crippen LogP contribution in [0.4, 0.5) is 13.2 Å². The van der Waals surface area contributed by atoms with E-state index in [1.807, 2.05) is 11.4 Å². The molecule has 0 radical (unpaired) electrons. The van der Waals surface area contributed by atoms with Gasteiger partial charge in [-0.15, -0.1) is 11.3 Å². The monoisotopic (exact) mass is 336 g/mol. The topological polar surface area (TPSA) is 17.8 Å². The Balaban J connectivity index is 2.17. The van der Waals surface area contributed by atoms with E-state index in [4.69, 9.17) is 23.2 Å². The molecule has 0 fully saturated rings. The van der Waals surface area contributed by atoms with Gasteiger partial charge in [-0.25, -0.2) is 4.68 Å². The lowest BCUT2D eigenvalue weighted by Gasteiger charge is -2.12. The third-order valence-electron chi connectivity index (χ3n) is 2.70. The number of aromatic nitrogens is 2. The van der Waals surface area contributed by atoms with Crippen molar-refractivity contribution < 1.29 is 13.2 Å². The molecular formula is C12H5Cl2F3N2S. The van der Waals surface area contributed by atoms with Gasteiger partial charge < -0.3 is 0 Å². The van der Waals surface area contributed by atoms with Crippen LogP contribution in [0.1, 0.15) is 5.56 Å². The predicted molar refractivity (Wildman–Crippen MR) is 74.0 cm³/mol. The Morgan fingerprint density at radius 3 is 2.35 bits per heavy atom. The van der Waals surface area contributed by atoms with E-state index in [0.29, 0.717) is 0 Å². The summed E-state index contributed by atoms with van der Waals surface area (Å²) in [5.74, 6) is 0. The van der Waals surface area contributed by atoms with Crippen LogP contribution in [0.3, 0.4) is 0 Å². The van der Waals surface area contributed by atoms with Gasteiger partial charge in [0, 0.05) is 6.20 Å². The highest BCUT2D eigenvalue weighted by atomic mass is 35.5. The van der Waals surface area contributed by atoms with E-state index in [0.717, 1.165) is 22.3 Å². The summed E-state index contributed by atoms with van der Waals surface area (Å²) in [7, 11) is 0. The van der Waals surface area contributed by atoms with E-state index in [9.17, 15) is 13.2 Å². The fraction of sp³-hybridized carbons (Fsp3) is 0.0833. The van der Waals surface area contributed by atoms with Crippen LogP contribution in [-0.2, 0) is 6.18 Å². The molecule has 0 aliphatic heterocycles. The molecule has 0 saturated carbocycles. The maximum atomic E-state index is 12.7. The van der Waals surface area contributed by atoms with Crippen molar-refractivity contribution in [1.29, 1.82) is 0 Å². The lowest BCUT2D eigenvalue weighted by atomic mass is 10.2. The third-order valence-corrected chi connectivity index (χ3v) is 4.12. The van der Waals surface area contributed by atoms with Gasteiger partial charge >= 0.3 is 6.18 Å². The quantitative estimate of drug-likeness (QED) is 0.580. The van der Waals surface area contributed by atoms with Gasteiger partial charge in [-0.05, 0) is 23.6 Å². The molecule has 0 atom stereocenters. The van der Waals surface area contributed by atoms with Crippen molar-refractivity contribution >= 4 is 44.8 Å². The molecule has 0 N–H and O–H groups in total. The highest BCUT2D eigenvalue weighted by molar-refractivity contribution is 7.17. The van der Waals surface area contributed by atoms with Gasteiger partial charge in [-0.3, -0.25) is 0 Å². The van der Waals surface area contributed by atoms with Crippen LogP contribution in [-0.4, -0.2) is 9.78 Å². The van der Waals surface area contributed by atoms with E-state index in [1.54, 1.807) is 6.20 Å². The molecule has 0 spiro atoms. The molecule has 20 heavy (non-hydrogen) atoms. The third kappa shape index (κ3) is 2.28. The Labute approximate surface area is 125 Å². The molecule has 3 rings (SSSR count). The average molecular weight is 337 g/mol. The Bertz CT molecular complexity index is 740. The smallest absolute Gasteiger partial charge is 0.236 e. The van der Waals surface area contributed by atoms with Crippen molar-refractivity contribution in [1.82, 2.24) is 9.78 Å². The summed E-state index contributed by atoms with van der Waals surface area (Å²) in [5.41, 5.74) is 0.0944. The maximum absolute atomic E-state index is 12.7. The molecule has 8 heteroatoms. The molecule has 3 aromatic rings. The molecule has 2 nitrogen and oxygen atoms in total. The minimum absolute atomic E-state index is 0.0972. The standard InChI is InChI=1S/C12H5Cl2F3N2S/c13-7-3-6(12(15,16)17)4-8(14)11(7)19-5-10-9(18-19)1-2-20-10/h1-5H. The average Bonchev–Trinajstić information content (AvgIpc) is 2.87. The van der Waals surface area contributed by atoms with E-state index in [-0.39, 0.29) is 15.7 Å². The summed E-state index contributed by atoms with van der Waals surface area (Å²) in [5, 5.41) is 5.91. The second-order valence-electron chi connectivity index (χ2n) is 4.03. The number of hydrogen-bond donors (Lipinski definition) is 0. The van der Waals surface area contributed by atoms with Crippen LogP contribution in [0.25, 0.3) is 15.9 Å². The lowest BCUT2D eigenvalue weighted by molar-refractivity contribution is -0.137. The zero-order valence-electron chi connectivity index (χ0n) is 9.58. The van der Waals surface area contributed by atoms with E-state index >= 15 is 0 Å². The van der Waals surface area contributed by atoms with Crippen LogP contribution in [0.15, 0.2) is 29.8 Å². The van der Waals surface area contributed by atoms with Crippen molar-refractivity contribution in [2.75, 3.05) is 0 Å². The van der Waals surface area contributed by atoms with Gasteiger partial charge in [-0.1, -0.05) is 23.2 Å². The molecule has 1 aromatic carbocycles. The van der Waals surface area contributed by atoms with Gasteiger partial charge in [0.15, 0.2) is 0 Å². The van der Waals surface area contributed by atoms with Crippen LogP contribution in [0, 0.1) is 0 Å². The summed E-state index contributed by atoms with van der Waals surface area (Å²) in [6.45, 7) is 0. The minimum Gasteiger partial charge on any atom is -0.236 e. The zero-order valence-corrected chi connectivity index (χ0v) is 11.9. The van der Waals surface area contributed by atoms with Crippen molar-refractivity contribution in [3.63, 3.8) is 0 Å². The number of benzene rings is 1. The molecular weight excluding hydrogens is 332 g/mol. The summed E-state index contributed by atoms with van der Waals surface area (Å²) in [6.07, 6.45) is -2.81. The van der Waals surface area contributed by atoms with Crippen LogP contribution >= 0.6 is 34.5 Å². The summed E-state index contributed by atoms with van der Waals surface area (Å²) in [4.78, 5) is 0. The number of rotatable bonds is 1. The second-order valence-corrected chi connectivity index (χ2v) is 5.79. The van der Waals surface area contributed by atoms with Gasteiger partial charge in [0.2, 0.25) is 0 Å². The van der Waals surface area contributed by atoms with Crippen molar-refractivity contribution in [3.8, 4) is 5.69 Å². The number of alkyl halides is 3. The first-order valence-corrected chi connectivity index (χ1v) is 6.99. The predicted octanol–water partition coefficient (Wildman–Crippen LogP) is 5.41. The molecule has 0 bridgehead atoms. The second kappa shape index (κ2) is 4.65. The van der Waals surface area contributed by atoms with Gasteiger partial charge in [0.25, 0.3) is 0 Å². The van der Waals surface area contributed by atoms with Gasteiger partial charge in [0.1, 0.15) is 11.2 Å². The molecule has 0 saturated heterocycles. The molecule has 0 unspecified atom stereocenters. The largest absolute Gasteiger partial charge is 0.416 e. The molecule has 2 aromatic heterocycles. The van der Waals surface area contributed by atoms with Gasteiger partial charge in [-0.2, -0.15) is 18.3 Å². The number of hydrogen-bond acceptors (Lipinski definition) is 2. The number of thiophene rings is 1. The van der Waals surface area contributed by atoms with Crippen LogP contribution in [0.2, 0.25) is 10.0 Å². The zero-order chi connectivity index (χ0) is 14.5. The van der Waals surface area contributed by atoms with E-state index in [1.165, 1.54) is 16.0 Å². The van der Waals surface area contributed by atoms with Crippen molar-refractivity contribution in [3.05, 3.63) is 45.4 Å². The van der Waals surface area contributed by atoms with E-state index < -0.39 is 11.7 Å². The fourth-order valence-electron chi connectivity index (χ4n) is 1.81. The van der Waals surface area contributed by atoms with Crippen LogP contribution < -0.4 is 0 Å². The Kier molecular flexibility index (Phi) is 3.19. The summed E-state index contributed by atoms with van der Waals surface area (Å²) in [6, 6.07) is 3.50. The fourth-order valence-corrected chi connectivity index (χ4v) is 3.21. The first kappa shape index (κ1) is 13.7. The lowest BCUT2D eigenvalue weighted by Crippen LogP contribution is -2.06. The summed E-state index contributed by atoms with van der Waals surface area (Å²) < 4.78 is 40.3. The molecule has 2 heterocycles. The van der Waals surface area contributed by atoms with E-state index in [2.05, 4.69) is 5.10 Å². The SMILES string of the molecule is FC(F)(F)c1cc(Cl)c(-n2cc3sccc3n2)c(Cl)c1. The molecule has 0 aliphatic carbocycles. The normalized spacial score (nSPS) is 12.2. The summed E-state index contributed by atoms with van der Waals surface area (Å²) >= 11 is 13.3. The number of fused-ring (bicyclic) bond motifs is 1. The van der Waals surface area contributed by atoms with Gasteiger partial charge in [0.05, 0.1) is 20.3 Å². The Morgan fingerprint density at radius 1 is 1.15 bits per heavy atom. The number of halogens is 5. The Morgan fingerprint density at radius 2 is 1.80 bits per heavy atom. The van der Waals surface area contributed by atoms with Crippen LogP contribution in [0.5, 0.6) is 0 Å².